The van der Waals surface area contributed by atoms with Crippen LogP contribution in [0.15, 0.2) is 55.0 Å². The van der Waals surface area contributed by atoms with E-state index in [1.54, 1.807) is 43.8 Å². The fourth-order valence-corrected chi connectivity index (χ4v) is 3.57. The van der Waals surface area contributed by atoms with Crippen LogP contribution >= 0.6 is 0 Å². The number of benzene rings is 2. The van der Waals surface area contributed by atoms with E-state index >= 15 is 0 Å². The van der Waals surface area contributed by atoms with Crippen molar-refractivity contribution in [2.45, 2.75) is 13.8 Å². The van der Waals surface area contributed by atoms with Crippen LogP contribution in [0.4, 0.5) is 15.9 Å². The minimum atomic E-state index is -0.499. The van der Waals surface area contributed by atoms with Crippen molar-refractivity contribution in [3.8, 4) is 11.4 Å². The van der Waals surface area contributed by atoms with Crippen LogP contribution in [0.2, 0.25) is 0 Å². The zero-order valence-electron chi connectivity index (χ0n) is 18.6. The number of imidazole rings is 1. The maximum absolute atomic E-state index is 13.8. The maximum Gasteiger partial charge on any atom is 0.258 e. The Hall–Kier alpha value is -4.27. The highest BCUT2D eigenvalue weighted by Gasteiger charge is 2.18. The van der Waals surface area contributed by atoms with Crippen LogP contribution in [0, 0.1) is 12.7 Å². The summed E-state index contributed by atoms with van der Waals surface area (Å²) in [5.41, 5.74) is 4.01. The minimum absolute atomic E-state index is 0.0621. The highest BCUT2D eigenvalue weighted by Crippen LogP contribution is 2.27. The first-order valence-corrected chi connectivity index (χ1v) is 10.1. The van der Waals surface area contributed by atoms with Gasteiger partial charge in [-0.25, -0.2) is 14.4 Å². The summed E-state index contributed by atoms with van der Waals surface area (Å²) in [5, 5.41) is 2.63. The standard InChI is InChI=1S/C24H22FN5O3/c1-14-9-16(24(32)29(3)17-5-7-19(25)21(11-17)33-4)10-20-23(14)27-13-30(20)18-6-8-22(26-12-18)28-15(2)31/h5-13H,1-4H3,(H,26,28,31). The number of hydrogen-bond acceptors (Lipinski definition) is 5. The lowest BCUT2D eigenvalue weighted by atomic mass is 10.1. The Bertz CT molecular complexity index is 1360. The maximum atomic E-state index is 13.8. The van der Waals surface area contributed by atoms with Crippen LogP contribution in [-0.2, 0) is 4.79 Å². The van der Waals surface area contributed by atoms with Gasteiger partial charge in [-0.2, -0.15) is 0 Å². The number of hydrogen-bond donors (Lipinski definition) is 1. The number of aryl methyl sites for hydroxylation is 1. The van der Waals surface area contributed by atoms with Gasteiger partial charge in [0.1, 0.15) is 12.1 Å². The van der Waals surface area contributed by atoms with Crippen LogP contribution < -0.4 is 15.0 Å². The molecule has 8 nitrogen and oxygen atoms in total. The number of halogens is 1. The van der Waals surface area contributed by atoms with Crippen LogP contribution in [0.25, 0.3) is 16.7 Å². The first-order valence-electron chi connectivity index (χ1n) is 10.1. The third-order valence-corrected chi connectivity index (χ3v) is 5.25. The molecule has 2 aromatic carbocycles. The lowest BCUT2D eigenvalue weighted by Gasteiger charge is -2.19. The summed E-state index contributed by atoms with van der Waals surface area (Å²) in [4.78, 5) is 34.7. The molecule has 0 aliphatic heterocycles. The summed E-state index contributed by atoms with van der Waals surface area (Å²) in [6.45, 7) is 3.30. The predicted molar refractivity (Wildman–Crippen MR) is 124 cm³/mol. The van der Waals surface area contributed by atoms with Gasteiger partial charge in [0.2, 0.25) is 5.91 Å². The van der Waals surface area contributed by atoms with E-state index in [-0.39, 0.29) is 17.6 Å². The number of carbonyl (C=O) groups excluding carboxylic acids is 2. The molecule has 1 N–H and O–H groups in total. The number of ether oxygens (including phenoxy) is 1. The summed E-state index contributed by atoms with van der Waals surface area (Å²) >= 11 is 0. The number of methoxy groups -OCH3 is 1. The Morgan fingerprint density at radius 1 is 1.12 bits per heavy atom. The van der Waals surface area contributed by atoms with Gasteiger partial charge in [-0.05, 0) is 48.9 Å². The van der Waals surface area contributed by atoms with Crippen molar-refractivity contribution in [1.82, 2.24) is 14.5 Å². The van der Waals surface area contributed by atoms with Crippen molar-refractivity contribution in [2.75, 3.05) is 24.4 Å². The second-order valence-corrected chi connectivity index (χ2v) is 7.54. The molecule has 168 valence electrons. The lowest BCUT2D eigenvalue weighted by Crippen LogP contribution is -2.26. The quantitative estimate of drug-likeness (QED) is 0.497. The second kappa shape index (κ2) is 8.70. The largest absolute Gasteiger partial charge is 0.494 e. The first kappa shape index (κ1) is 21.9. The smallest absolute Gasteiger partial charge is 0.258 e. The van der Waals surface area contributed by atoms with Gasteiger partial charge < -0.3 is 15.0 Å². The fraction of sp³-hybridized carbons (Fsp3) is 0.167. The van der Waals surface area contributed by atoms with E-state index in [4.69, 9.17) is 4.74 Å². The summed E-state index contributed by atoms with van der Waals surface area (Å²) in [5.74, 6) is -0.460. The zero-order valence-corrected chi connectivity index (χ0v) is 18.6. The molecule has 0 radical (unpaired) electrons. The van der Waals surface area contributed by atoms with E-state index in [9.17, 15) is 14.0 Å². The third kappa shape index (κ3) is 4.25. The summed E-state index contributed by atoms with van der Waals surface area (Å²) < 4.78 is 20.6. The lowest BCUT2D eigenvalue weighted by molar-refractivity contribution is -0.114. The van der Waals surface area contributed by atoms with Gasteiger partial charge in [-0.15, -0.1) is 0 Å². The van der Waals surface area contributed by atoms with Crippen molar-refractivity contribution >= 4 is 34.4 Å². The molecule has 33 heavy (non-hydrogen) atoms. The third-order valence-electron chi connectivity index (χ3n) is 5.25. The normalized spacial score (nSPS) is 10.8. The van der Waals surface area contributed by atoms with Gasteiger partial charge in [-0.3, -0.25) is 14.2 Å². The first-order chi connectivity index (χ1) is 15.8. The highest BCUT2D eigenvalue weighted by atomic mass is 19.1. The monoisotopic (exact) mass is 447 g/mol. The van der Waals surface area contributed by atoms with Gasteiger partial charge in [0.05, 0.1) is 30.0 Å². The van der Waals surface area contributed by atoms with Crippen LogP contribution in [0.5, 0.6) is 5.75 Å². The average molecular weight is 447 g/mol. The number of pyridine rings is 1. The van der Waals surface area contributed by atoms with Crippen LogP contribution in [0.3, 0.4) is 0 Å². The molecule has 2 heterocycles. The molecule has 0 aliphatic carbocycles. The van der Waals surface area contributed by atoms with Gasteiger partial charge in [0, 0.05) is 31.3 Å². The van der Waals surface area contributed by atoms with E-state index in [0.717, 1.165) is 22.3 Å². The molecular formula is C24H22FN5O3. The molecular weight excluding hydrogens is 425 g/mol. The number of nitrogens with one attached hydrogen (secondary N) is 1. The molecule has 0 aliphatic rings. The van der Waals surface area contributed by atoms with Crippen molar-refractivity contribution in [3.05, 3.63) is 71.9 Å². The Morgan fingerprint density at radius 2 is 1.91 bits per heavy atom. The van der Waals surface area contributed by atoms with Gasteiger partial charge in [0.25, 0.3) is 5.91 Å². The molecule has 0 saturated heterocycles. The summed E-state index contributed by atoms with van der Waals surface area (Å²) in [6.07, 6.45) is 3.28. The number of nitrogens with zero attached hydrogens (tertiary/aromatic N) is 4. The zero-order chi connectivity index (χ0) is 23.7. The highest BCUT2D eigenvalue weighted by molar-refractivity contribution is 6.07. The van der Waals surface area contributed by atoms with Gasteiger partial charge >= 0.3 is 0 Å². The molecule has 0 atom stereocenters. The molecule has 0 unspecified atom stereocenters. The molecule has 2 aromatic heterocycles. The SMILES string of the molecule is COc1cc(N(C)C(=O)c2cc(C)c3ncn(-c4ccc(NC(C)=O)nc4)c3c2)ccc1F. The summed E-state index contributed by atoms with van der Waals surface area (Å²) in [6, 6.07) is 11.3. The molecule has 0 bridgehead atoms. The Kier molecular flexibility index (Phi) is 5.78. The Balaban J connectivity index is 1.71. The van der Waals surface area contributed by atoms with E-state index in [1.807, 2.05) is 11.5 Å². The molecule has 9 heteroatoms. The number of fused-ring (bicyclic) bond motifs is 1. The Morgan fingerprint density at radius 3 is 2.58 bits per heavy atom. The number of rotatable bonds is 5. The van der Waals surface area contributed by atoms with Gasteiger partial charge in [0.15, 0.2) is 11.6 Å². The van der Waals surface area contributed by atoms with Crippen LogP contribution in [0.1, 0.15) is 22.8 Å². The number of carbonyl (C=O) groups is 2. The van der Waals surface area contributed by atoms with Crippen molar-refractivity contribution in [3.63, 3.8) is 0 Å². The minimum Gasteiger partial charge on any atom is -0.494 e. The molecule has 0 saturated carbocycles. The second-order valence-electron chi connectivity index (χ2n) is 7.54. The van der Waals surface area contributed by atoms with E-state index < -0.39 is 5.82 Å². The number of anilines is 2. The topological polar surface area (TPSA) is 89.4 Å². The molecule has 4 rings (SSSR count). The van der Waals surface area contributed by atoms with E-state index in [0.29, 0.717) is 17.1 Å². The van der Waals surface area contributed by atoms with Crippen LogP contribution in [-0.4, -0.2) is 40.5 Å². The molecule has 4 aromatic rings. The molecule has 2 amide bonds. The average Bonchev–Trinajstić information content (AvgIpc) is 3.23. The van der Waals surface area contributed by atoms with Crippen molar-refractivity contribution < 1.29 is 18.7 Å². The predicted octanol–water partition coefficient (Wildman–Crippen LogP) is 4.11. The molecule has 0 spiro atoms. The van der Waals surface area contributed by atoms with Crippen molar-refractivity contribution in [1.29, 1.82) is 0 Å². The molecule has 0 fully saturated rings. The summed E-state index contributed by atoms with van der Waals surface area (Å²) in [7, 11) is 3.00. The fourth-order valence-electron chi connectivity index (χ4n) is 3.57. The Labute approximate surface area is 189 Å². The van der Waals surface area contributed by atoms with E-state index in [1.165, 1.54) is 37.1 Å². The van der Waals surface area contributed by atoms with Gasteiger partial charge in [-0.1, -0.05) is 0 Å². The van der Waals surface area contributed by atoms with E-state index in [2.05, 4.69) is 15.3 Å². The van der Waals surface area contributed by atoms with Crippen molar-refractivity contribution in [2.24, 2.45) is 0 Å². The number of amides is 2. The number of aromatic nitrogens is 3.